The van der Waals surface area contributed by atoms with Crippen LogP contribution < -0.4 is 15.2 Å². The van der Waals surface area contributed by atoms with Gasteiger partial charge in [0.25, 0.3) is 0 Å². The van der Waals surface area contributed by atoms with Crippen LogP contribution in [0, 0.1) is 0 Å². The standard InChI is InChI=1S/C14H17FN2O3/c1-14(2,15)9-6-10(18-3)8(5-12(9)19-4)11-7-13(16)17-20-11/h5-7H,1-4H3,(H2,16,17). The number of benzene rings is 1. The van der Waals surface area contributed by atoms with Crippen LogP contribution >= 0.6 is 0 Å². The van der Waals surface area contributed by atoms with E-state index in [1.807, 2.05) is 0 Å². The molecule has 2 N–H and O–H groups in total. The molecule has 1 heterocycles. The lowest BCUT2D eigenvalue weighted by Crippen LogP contribution is -2.11. The number of nitrogen functional groups attached to an aromatic ring is 1. The quantitative estimate of drug-likeness (QED) is 0.931. The first kappa shape index (κ1) is 14.2. The molecule has 20 heavy (non-hydrogen) atoms. The molecule has 108 valence electrons. The number of anilines is 1. The molecule has 6 heteroatoms. The minimum absolute atomic E-state index is 0.260. The average Bonchev–Trinajstić information content (AvgIpc) is 2.82. The highest BCUT2D eigenvalue weighted by molar-refractivity contribution is 5.71. The second kappa shape index (κ2) is 5.03. The number of nitrogens with two attached hydrogens (primary N) is 1. The number of alkyl halides is 1. The van der Waals surface area contributed by atoms with Crippen molar-refractivity contribution in [2.75, 3.05) is 20.0 Å². The van der Waals surface area contributed by atoms with Crippen molar-refractivity contribution in [1.82, 2.24) is 5.16 Å². The number of ether oxygens (including phenoxy) is 2. The number of hydrogen-bond donors (Lipinski definition) is 1. The predicted octanol–water partition coefficient (Wildman–Crippen LogP) is 3.15. The van der Waals surface area contributed by atoms with Crippen LogP contribution in [-0.2, 0) is 5.67 Å². The van der Waals surface area contributed by atoms with Crippen molar-refractivity contribution in [2.45, 2.75) is 19.5 Å². The third-order valence-electron chi connectivity index (χ3n) is 2.96. The van der Waals surface area contributed by atoms with Crippen LogP contribution in [-0.4, -0.2) is 19.4 Å². The van der Waals surface area contributed by atoms with Crippen LogP contribution in [0.15, 0.2) is 22.7 Å². The molecule has 0 unspecified atom stereocenters. The van der Waals surface area contributed by atoms with E-state index in [1.165, 1.54) is 28.1 Å². The summed E-state index contributed by atoms with van der Waals surface area (Å²) < 4.78 is 29.9. The van der Waals surface area contributed by atoms with E-state index in [-0.39, 0.29) is 5.82 Å². The van der Waals surface area contributed by atoms with Crippen LogP contribution in [0.25, 0.3) is 11.3 Å². The normalized spacial score (nSPS) is 11.4. The van der Waals surface area contributed by atoms with Crippen molar-refractivity contribution in [3.63, 3.8) is 0 Å². The highest BCUT2D eigenvalue weighted by Crippen LogP contribution is 2.41. The van der Waals surface area contributed by atoms with Crippen molar-refractivity contribution < 1.29 is 18.4 Å². The van der Waals surface area contributed by atoms with Crippen molar-refractivity contribution >= 4 is 5.82 Å². The molecule has 0 bridgehead atoms. The Labute approximate surface area is 116 Å². The molecule has 0 saturated carbocycles. The summed E-state index contributed by atoms with van der Waals surface area (Å²) in [5.41, 5.74) is 4.98. The maximum Gasteiger partial charge on any atom is 0.172 e. The first-order chi connectivity index (χ1) is 9.36. The Balaban J connectivity index is 2.64. The molecule has 0 atom stereocenters. The smallest absolute Gasteiger partial charge is 0.172 e. The lowest BCUT2D eigenvalue weighted by atomic mass is 9.96. The van der Waals surface area contributed by atoms with Gasteiger partial charge in [-0.1, -0.05) is 5.16 Å². The molecule has 0 radical (unpaired) electrons. The molecular formula is C14H17FN2O3. The summed E-state index contributed by atoms with van der Waals surface area (Å²) in [6, 6.07) is 4.81. The van der Waals surface area contributed by atoms with Gasteiger partial charge in [0.1, 0.15) is 17.2 Å². The SMILES string of the molecule is COc1cc(C(C)(C)F)c(OC)cc1-c1cc(N)no1. The Kier molecular flexibility index (Phi) is 3.57. The van der Waals surface area contributed by atoms with Gasteiger partial charge < -0.3 is 19.7 Å². The largest absolute Gasteiger partial charge is 0.496 e. The van der Waals surface area contributed by atoms with Crippen molar-refractivity contribution in [3.8, 4) is 22.8 Å². The zero-order valence-electron chi connectivity index (χ0n) is 11.9. The summed E-state index contributed by atoms with van der Waals surface area (Å²) >= 11 is 0. The number of nitrogens with zero attached hydrogens (tertiary/aromatic N) is 1. The minimum Gasteiger partial charge on any atom is -0.496 e. The van der Waals surface area contributed by atoms with Gasteiger partial charge in [-0.2, -0.15) is 0 Å². The molecule has 0 saturated heterocycles. The summed E-state index contributed by atoms with van der Waals surface area (Å²) in [5.74, 6) is 1.56. The monoisotopic (exact) mass is 280 g/mol. The highest BCUT2D eigenvalue weighted by atomic mass is 19.1. The van der Waals surface area contributed by atoms with Crippen molar-refractivity contribution in [2.24, 2.45) is 0 Å². The Morgan fingerprint density at radius 1 is 1.15 bits per heavy atom. The number of hydrogen-bond acceptors (Lipinski definition) is 5. The highest BCUT2D eigenvalue weighted by Gasteiger charge is 2.26. The average molecular weight is 280 g/mol. The third-order valence-corrected chi connectivity index (χ3v) is 2.96. The summed E-state index contributed by atoms with van der Waals surface area (Å²) in [6.07, 6.45) is 0. The number of aromatic nitrogens is 1. The molecule has 0 spiro atoms. The van der Waals surface area contributed by atoms with Gasteiger partial charge in [-0.25, -0.2) is 4.39 Å². The second-order valence-electron chi connectivity index (χ2n) is 4.84. The Bertz CT molecular complexity index is 617. The van der Waals surface area contributed by atoms with Crippen LogP contribution in [0.1, 0.15) is 19.4 Å². The van der Waals surface area contributed by atoms with Crippen LogP contribution in [0.4, 0.5) is 10.2 Å². The van der Waals surface area contributed by atoms with Gasteiger partial charge in [-0.05, 0) is 26.0 Å². The second-order valence-corrected chi connectivity index (χ2v) is 4.84. The Morgan fingerprint density at radius 2 is 1.80 bits per heavy atom. The van der Waals surface area contributed by atoms with E-state index < -0.39 is 5.67 Å². The number of rotatable bonds is 4. The van der Waals surface area contributed by atoms with E-state index in [2.05, 4.69) is 5.16 Å². The molecule has 2 aromatic rings. The van der Waals surface area contributed by atoms with E-state index in [9.17, 15) is 4.39 Å². The van der Waals surface area contributed by atoms with Gasteiger partial charge in [0.15, 0.2) is 11.6 Å². The van der Waals surface area contributed by atoms with Crippen molar-refractivity contribution in [1.29, 1.82) is 0 Å². The summed E-state index contributed by atoms with van der Waals surface area (Å²) in [5, 5.41) is 3.63. The van der Waals surface area contributed by atoms with E-state index in [1.54, 1.807) is 18.2 Å². The summed E-state index contributed by atoms with van der Waals surface area (Å²) in [6.45, 7) is 2.91. The summed E-state index contributed by atoms with van der Waals surface area (Å²) in [7, 11) is 2.98. The maximum atomic E-state index is 14.2. The van der Waals surface area contributed by atoms with Gasteiger partial charge in [0.05, 0.1) is 19.8 Å². The van der Waals surface area contributed by atoms with Crippen LogP contribution in [0.5, 0.6) is 11.5 Å². The predicted molar refractivity (Wildman–Crippen MR) is 73.6 cm³/mol. The lowest BCUT2D eigenvalue weighted by Gasteiger charge is -2.20. The van der Waals surface area contributed by atoms with Crippen LogP contribution in [0.3, 0.4) is 0 Å². The molecule has 2 rings (SSSR count). The molecule has 1 aromatic carbocycles. The first-order valence-corrected chi connectivity index (χ1v) is 6.04. The minimum atomic E-state index is -1.56. The maximum absolute atomic E-state index is 14.2. The lowest BCUT2D eigenvalue weighted by molar-refractivity contribution is 0.212. The van der Waals surface area contributed by atoms with Gasteiger partial charge in [-0.3, -0.25) is 0 Å². The number of halogens is 1. The Morgan fingerprint density at radius 3 is 2.25 bits per heavy atom. The third kappa shape index (κ3) is 2.54. The molecular weight excluding hydrogens is 263 g/mol. The summed E-state index contributed by atoms with van der Waals surface area (Å²) in [4.78, 5) is 0. The fourth-order valence-electron chi connectivity index (χ4n) is 1.97. The molecule has 1 aromatic heterocycles. The zero-order valence-corrected chi connectivity index (χ0v) is 11.9. The zero-order chi connectivity index (χ0) is 14.9. The van der Waals surface area contributed by atoms with Gasteiger partial charge in [0, 0.05) is 11.6 Å². The van der Waals surface area contributed by atoms with Gasteiger partial charge >= 0.3 is 0 Å². The van der Waals surface area contributed by atoms with E-state index in [4.69, 9.17) is 19.7 Å². The fourth-order valence-corrected chi connectivity index (χ4v) is 1.97. The Hall–Kier alpha value is -2.24. The van der Waals surface area contributed by atoms with Gasteiger partial charge in [0.2, 0.25) is 0 Å². The first-order valence-electron chi connectivity index (χ1n) is 6.04. The molecule has 0 amide bonds. The van der Waals surface area contributed by atoms with Crippen LogP contribution in [0.2, 0.25) is 0 Å². The van der Waals surface area contributed by atoms with Gasteiger partial charge in [-0.15, -0.1) is 0 Å². The molecule has 0 aliphatic heterocycles. The van der Waals surface area contributed by atoms with E-state index >= 15 is 0 Å². The van der Waals surface area contributed by atoms with Crippen molar-refractivity contribution in [3.05, 3.63) is 23.8 Å². The molecule has 0 aliphatic carbocycles. The topological polar surface area (TPSA) is 70.5 Å². The molecule has 0 aliphatic rings. The fraction of sp³-hybridized carbons (Fsp3) is 0.357. The van der Waals surface area contributed by atoms with E-state index in [0.717, 1.165) is 0 Å². The number of methoxy groups -OCH3 is 2. The molecule has 0 fully saturated rings. The van der Waals surface area contributed by atoms with E-state index in [0.29, 0.717) is 28.4 Å². The molecule has 5 nitrogen and oxygen atoms in total.